The molecule has 1 fully saturated rings. The highest BCUT2D eigenvalue weighted by molar-refractivity contribution is 9.10. The molecule has 4 N–H and O–H groups in total. The van der Waals surface area contributed by atoms with E-state index in [4.69, 9.17) is 0 Å². The molecule has 0 spiro atoms. The van der Waals surface area contributed by atoms with Crippen molar-refractivity contribution in [2.24, 2.45) is 11.8 Å². The van der Waals surface area contributed by atoms with Gasteiger partial charge in [-0.25, -0.2) is 0 Å². The molecule has 0 saturated carbocycles. The van der Waals surface area contributed by atoms with Gasteiger partial charge in [-0.2, -0.15) is 0 Å². The standard InChI is InChI=1S/C51H65BrN6O2/c1-8-57(9-2)25-14-23-54-50(59)46-43(30(3)4)48(56-47(46)31(5)6)45-38(28-42-36-17-12-10-15-33(36)21-24-53-42)40(29-58-26-22-34-16-11-13-18-37(34)49(45)58)32(7)44-39-27-35(52)19-20-41(39)55-51(44)60/h10-13,15-20,27,30-31,38,40,42,45,49,53,56H,8-9,14,21-26,28-29H2,1-7H3,(H,54,59)(H,55,60)/t38-,40-,42-,45?,49-/m1/s1. The second-order valence-electron chi connectivity index (χ2n) is 18.3. The van der Waals surface area contributed by atoms with Crippen molar-refractivity contribution in [2.45, 2.75) is 104 Å². The monoisotopic (exact) mass is 872 g/mol. The van der Waals surface area contributed by atoms with Crippen LogP contribution in [0.5, 0.6) is 0 Å². The van der Waals surface area contributed by atoms with Crippen LogP contribution in [0.15, 0.2) is 76.8 Å². The number of carbonyl (C=O) groups is 2. The van der Waals surface area contributed by atoms with Gasteiger partial charge in [-0.05, 0) is 128 Å². The van der Waals surface area contributed by atoms with Gasteiger partial charge in [0.15, 0.2) is 0 Å². The van der Waals surface area contributed by atoms with Crippen LogP contribution in [0, 0.1) is 11.8 Å². The summed E-state index contributed by atoms with van der Waals surface area (Å²) in [6.07, 6.45) is 3.81. The van der Waals surface area contributed by atoms with Crippen LogP contribution in [0.2, 0.25) is 0 Å². The maximum atomic E-state index is 14.7. The predicted molar refractivity (Wildman–Crippen MR) is 249 cm³/mol. The number of hydrogen-bond acceptors (Lipinski definition) is 5. The Labute approximate surface area is 366 Å². The Bertz CT molecular complexity index is 2250. The van der Waals surface area contributed by atoms with Gasteiger partial charge in [-0.3, -0.25) is 14.5 Å². The summed E-state index contributed by atoms with van der Waals surface area (Å²) in [6, 6.07) is 24.4. The first-order chi connectivity index (χ1) is 29.0. The predicted octanol–water partition coefficient (Wildman–Crippen LogP) is 10.1. The highest BCUT2D eigenvalue weighted by Gasteiger charge is 2.51. The molecule has 318 valence electrons. The molecule has 5 heterocycles. The van der Waals surface area contributed by atoms with Crippen molar-refractivity contribution < 1.29 is 9.59 Å². The lowest BCUT2D eigenvalue weighted by Crippen LogP contribution is -2.51. The number of H-pyrrole nitrogens is 1. The molecule has 4 aliphatic heterocycles. The fourth-order valence-corrected chi connectivity index (χ4v) is 11.7. The first-order valence-electron chi connectivity index (χ1n) is 22.7. The first kappa shape index (κ1) is 42.7. The number of nitrogens with one attached hydrogen (secondary N) is 4. The summed E-state index contributed by atoms with van der Waals surface area (Å²) >= 11 is 3.72. The van der Waals surface area contributed by atoms with Crippen LogP contribution >= 0.6 is 15.9 Å². The van der Waals surface area contributed by atoms with Crippen LogP contribution in [-0.4, -0.2) is 72.4 Å². The van der Waals surface area contributed by atoms with E-state index in [2.05, 4.69) is 150 Å². The third-order valence-corrected chi connectivity index (χ3v) is 14.7. The van der Waals surface area contributed by atoms with Gasteiger partial charge in [0, 0.05) is 70.3 Å². The number of carbonyl (C=O) groups excluding carboxylic acids is 2. The number of aromatic nitrogens is 1. The van der Waals surface area contributed by atoms with Crippen LogP contribution in [0.3, 0.4) is 0 Å². The van der Waals surface area contributed by atoms with Gasteiger partial charge in [0.1, 0.15) is 0 Å². The summed E-state index contributed by atoms with van der Waals surface area (Å²) in [4.78, 5) is 38.1. The van der Waals surface area contributed by atoms with Crippen molar-refractivity contribution in [2.75, 3.05) is 51.1 Å². The molecule has 9 heteroatoms. The zero-order valence-corrected chi connectivity index (χ0v) is 38.3. The van der Waals surface area contributed by atoms with Crippen molar-refractivity contribution in [3.8, 4) is 0 Å². The van der Waals surface area contributed by atoms with Gasteiger partial charge in [-0.1, -0.05) is 112 Å². The number of amides is 2. The van der Waals surface area contributed by atoms with Gasteiger partial charge >= 0.3 is 0 Å². The quantitative estimate of drug-likeness (QED) is 0.0794. The molecule has 1 saturated heterocycles. The summed E-state index contributed by atoms with van der Waals surface area (Å²) in [5.41, 5.74) is 13.6. The van der Waals surface area contributed by atoms with Crippen LogP contribution in [0.4, 0.5) is 5.69 Å². The molecule has 5 atom stereocenters. The lowest BCUT2D eigenvalue weighted by Gasteiger charge is -2.53. The third-order valence-electron chi connectivity index (χ3n) is 14.2. The van der Waals surface area contributed by atoms with Crippen LogP contribution in [0.1, 0.15) is 146 Å². The van der Waals surface area contributed by atoms with E-state index in [1.165, 1.54) is 27.9 Å². The van der Waals surface area contributed by atoms with Crippen LogP contribution in [-0.2, 0) is 17.6 Å². The molecule has 8 rings (SSSR count). The van der Waals surface area contributed by atoms with Gasteiger partial charge in [0.05, 0.1) is 5.56 Å². The van der Waals surface area contributed by atoms with E-state index in [1.807, 2.05) is 12.1 Å². The third kappa shape index (κ3) is 8.07. The Hall–Kier alpha value is -4.02. The van der Waals surface area contributed by atoms with E-state index in [1.54, 1.807) is 0 Å². The fraction of sp³-hybridized carbons (Fsp3) is 0.490. The van der Waals surface area contributed by atoms with E-state index in [9.17, 15) is 9.59 Å². The molecular formula is C51H65BrN6O2. The maximum Gasteiger partial charge on any atom is 0.256 e. The van der Waals surface area contributed by atoms with Gasteiger partial charge in [-0.15, -0.1) is 0 Å². The Morgan fingerprint density at radius 2 is 1.67 bits per heavy atom. The summed E-state index contributed by atoms with van der Waals surface area (Å²) < 4.78 is 0.963. The number of piperidine rings is 1. The number of rotatable bonds is 13. The number of anilines is 1. The molecule has 60 heavy (non-hydrogen) atoms. The smallest absolute Gasteiger partial charge is 0.256 e. The van der Waals surface area contributed by atoms with E-state index < -0.39 is 0 Å². The van der Waals surface area contributed by atoms with Crippen molar-refractivity contribution in [3.05, 3.63) is 127 Å². The average Bonchev–Trinajstić information content (AvgIpc) is 3.81. The molecule has 3 aromatic carbocycles. The van der Waals surface area contributed by atoms with Gasteiger partial charge in [0.2, 0.25) is 0 Å². The molecule has 8 nitrogen and oxygen atoms in total. The molecule has 4 aliphatic rings. The largest absolute Gasteiger partial charge is 0.361 e. The molecule has 4 aromatic rings. The normalized spacial score (nSPS) is 23.3. The number of fused-ring (bicyclic) bond motifs is 5. The number of benzene rings is 3. The molecular weight excluding hydrogens is 809 g/mol. The van der Waals surface area contributed by atoms with Crippen LogP contribution < -0.4 is 16.0 Å². The van der Waals surface area contributed by atoms with E-state index in [0.29, 0.717) is 6.54 Å². The summed E-state index contributed by atoms with van der Waals surface area (Å²) in [6.45, 7) is 21.9. The first-order valence-corrected chi connectivity index (χ1v) is 23.5. The molecule has 0 radical (unpaired) electrons. The number of nitrogens with zero attached hydrogens (tertiary/aromatic N) is 2. The SMILES string of the molecule is CCN(CC)CCCNC(=O)c1c(C(C)C)[nH]c(C2[C@H]3c4ccccc4CCN3C[C@H](C(C)=C3C(=O)Nc4ccc(Br)cc43)[C@H]2C[C@H]2NCCc3ccccc32)c1C(C)C. The molecule has 2 amide bonds. The summed E-state index contributed by atoms with van der Waals surface area (Å²) in [7, 11) is 0. The van der Waals surface area contributed by atoms with Crippen molar-refractivity contribution in [1.82, 2.24) is 25.4 Å². The van der Waals surface area contributed by atoms with E-state index in [0.717, 1.165) is 109 Å². The molecule has 0 bridgehead atoms. The Balaban J connectivity index is 1.33. The minimum absolute atomic E-state index is 0.0159. The van der Waals surface area contributed by atoms with Crippen molar-refractivity contribution in [3.63, 3.8) is 0 Å². The average molecular weight is 874 g/mol. The van der Waals surface area contributed by atoms with E-state index >= 15 is 0 Å². The van der Waals surface area contributed by atoms with E-state index in [-0.39, 0.29) is 53.5 Å². The van der Waals surface area contributed by atoms with Crippen molar-refractivity contribution >= 4 is 39.0 Å². The lowest BCUT2D eigenvalue weighted by molar-refractivity contribution is -0.110. The minimum atomic E-state index is -0.0204. The Morgan fingerprint density at radius 3 is 2.38 bits per heavy atom. The van der Waals surface area contributed by atoms with Crippen LogP contribution in [0.25, 0.3) is 5.57 Å². The topological polar surface area (TPSA) is 92.5 Å². The number of hydrogen-bond donors (Lipinski definition) is 4. The zero-order chi connectivity index (χ0) is 42.2. The second kappa shape index (κ2) is 18.1. The lowest BCUT2D eigenvalue weighted by atomic mass is 9.62. The second-order valence-corrected chi connectivity index (χ2v) is 19.2. The van der Waals surface area contributed by atoms with Crippen molar-refractivity contribution in [1.29, 1.82) is 0 Å². The fourth-order valence-electron chi connectivity index (χ4n) is 11.3. The highest BCUT2D eigenvalue weighted by atomic mass is 79.9. The highest BCUT2D eigenvalue weighted by Crippen LogP contribution is 2.57. The number of halogens is 1. The maximum absolute atomic E-state index is 14.7. The zero-order valence-electron chi connectivity index (χ0n) is 36.8. The molecule has 1 aromatic heterocycles. The van der Waals surface area contributed by atoms with Gasteiger partial charge in [0.25, 0.3) is 11.8 Å². The summed E-state index contributed by atoms with van der Waals surface area (Å²) in [5.74, 6) is 0.440. The Kier molecular flexibility index (Phi) is 12.9. The van der Waals surface area contributed by atoms with Gasteiger partial charge < -0.3 is 25.8 Å². The molecule has 0 aliphatic carbocycles. The minimum Gasteiger partial charge on any atom is -0.361 e. The Morgan fingerprint density at radius 1 is 0.950 bits per heavy atom. The number of aromatic amines is 1. The summed E-state index contributed by atoms with van der Waals surface area (Å²) in [5, 5.41) is 10.6. The molecule has 1 unspecified atom stereocenters.